The zero-order valence-electron chi connectivity index (χ0n) is 18.5. The summed E-state index contributed by atoms with van der Waals surface area (Å²) in [5, 5.41) is 2.91. The molecule has 0 aromatic heterocycles. The highest BCUT2D eigenvalue weighted by atomic mass is 16.5. The molecule has 0 saturated heterocycles. The highest BCUT2D eigenvalue weighted by Crippen LogP contribution is 2.18. The van der Waals surface area contributed by atoms with Gasteiger partial charge in [0.25, 0.3) is 5.91 Å². The van der Waals surface area contributed by atoms with E-state index in [2.05, 4.69) is 5.32 Å². The molecule has 1 atom stereocenters. The summed E-state index contributed by atoms with van der Waals surface area (Å²) in [6.07, 6.45) is 0. The lowest BCUT2D eigenvalue weighted by Gasteiger charge is -2.29. The molecule has 0 heterocycles. The SMILES string of the molecule is COc1ccc(OCC(=O)N(Cc2ccc(C)cc2)C(C)C(=O)NCC(C)C)cc1. The number of methoxy groups -OCH3 is 1. The normalized spacial score (nSPS) is 11.7. The van der Waals surface area contributed by atoms with Gasteiger partial charge in [-0.25, -0.2) is 0 Å². The van der Waals surface area contributed by atoms with Gasteiger partial charge < -0.3 is 19.7 Å². The van der Waals surface area contributed by atoms with Crippen LogP contribution in [0.25, 0.3) is 0 Å². The predicted molar refractivity (Wildman–Crippen MR) is 118 cm³/mol. The van der Waals surface area contributed by atoms with Gasteiger partial charge in [0.2, 0.25) is 5.91 Å². The molecule has 0 radical (unpaired) electrons. The van der Waals surface area contributed by atoms with Gasteiger partial charge in [0, 0.05) is 13.1 Å². The van der Waals surface area contributed by atoms with E-state index in [-0.39, 0.29) is 18.4 Å². The van der Waals surface area contributed by atoms with Crippen LogP contribution in [0.4, 0.5) is 0 Å². The highest BCUT2D eigenvalue weighted by Gasteiger charge is 2.26. The fourth-order valence-electron chi connectivity index (χ4n) is 2.83. The van der Waals surface area contributed by atoms with Crippen molar-refractivity contribution in [2.45, 2.75) is 40.3 Å². The maximum absolute atomic E-state index is 13.0. The average molecular weight is 413 g/mol. The summed E-state index contributed by atoms with van der Waals surface area (Å²) in [4.78, 5) is 27.2. The third kappa shape index (κ3) is 7.10. The number of hydrogen-bond acceptors (Lipinski definition) is 4. The van der Waals surface area contributed by atoms with Gasteiger partial charge in [0.15, 0.2) is 6.61 Å². The van der Waals surface area contributed by atoms with E-state index in [1.807, 2.05) is 45.0 Å². The molecule has 0 aliphatic carbocycles. The number of benzene rings is 2. The van der Waals surface area contributed by atoms with Crippen LogP contribution in [0.3, 0.4) is 0 Å². The minimum absolute atomic E-state index is 0.153. The van der Waals surface area contributed by atoms with Crippen molar-refractivity contribution in [3.63, 3.8) is 0 Å². The van der Waals surface area contributed by atoms with Crippen LogP contribution in [0, 0.1) is 12.8 Å². The minimum atomic E-state index is -0.614. The van der Waals surface area contributed by atoms with Crippen molar-refractivity contribution < 1.29 is 19.1 Å². The molecule has 0 bridgehead atoms. The summed E-state index contributed by atoms with van der Waals surface area (Å²) in [6.45, 7) is 8.57. The Morgan fingerprint density at radius 1 is 0.967 bits per heavy atom. The Morgan fingerprint density at radius 3 is 2.13 bits per heavy atom. The molecule has 0 fully saturated rings. The molecule has 6 nitrogen and oxygen atoms in total. The molecule has 1 unspecified atom stereocenters. The first-order chi connectivity index (χ1) is 14.3. The number of aryl methyl sites for hydroxylation is 1. The first kappa shape index (κ1) is 23.3. The molecule has 2 rings (SSSR count). The number of carbonyl (C=O) groups is 2. The first-order valence-corrected chi connectivity index (χ1v) is 10.2. The maximum atomic E-state index is 13.0. The summed E-state index contributed by atoms with van der Waals surface area (Å²) >= 11 is 0. The average Bonchev–Trinajstić information content (AvgIpc) is 2.75. The second kappa shape index (κ2) is 11.2. The predicted octanol–water partition coefficient (Wildman–Crippen LogP) is 3.57. The zero-order chi connectivity index (χ0) is 22.1. The molecule has 0 aliphatic rings. The van der Waals surface area contributed by atoms with Crippen molar-refractivity contribution in [2.75, 3.05) is 20.3 Å². The van der Waals surface area contributed by atoms with Gasteiger partial charge in [-0.2, -0.15) is 0 Å². The largest absolute Gasteiger partial charge is 0.497 e. The van der Waals surface area contributed by atoms with Crippen LogP contribution >= 0.6 is 0 Å². The van der Waals surface area contributed by atoms with Gasteiger partial charge in [-0.3, -0.25) is 9.59 Å². The van der Waals surface area contributed by atoms with Crippen LogP contribution in [0.15, 0.2) is 48.5 Å². The standard InChI is InChI=1S/C24H32N2O4/c1-17(2)14-25-24(28)19(4)26(15-20-8-6-18(3)7-9-20)23(27)16-30-22-12-10-21(29-5)11-13-22/h6-13,17,19H,14-16H2,1-5H3,(H,25,28). The van der Waals surface area contributed by atoms with Crippen LogP contribution < -0.4 is 14.8 Å². The molecule has 0 aliphatic heterocycles. The topological polar surface area (TPSA) is 67.9 Å². The molecule has 0 spiro atoms. The van der Waals surface area contributed by atoms with Crippen LogP contribution in [0.2, 0.25) is 0 Å². The third-order valence-corrected chi connectivity index (χ3v) is 4.75. The first-order valence-electron chi connectivity index (χ1n) is 10.2. The van der Waals surface area contributed by atoms with E-state index in [1.54, 1.807) is 43.2 Å². The van der Waals surface area contributed by atoms with Crippen molar-refractivity contribution >= 4 is 11.8 Å². The van der Waals surface area contributed by atoms with E-state index in [0.29, 0.717) is 30.5 Å². The highest BCUT2D eigenvalue weighted by molar-refractivity contribution is 5.87. The lowest BCUT2D eigenvalue weighted by Crippen LogP contribution is -2.49. The minimum Gasteiger partial charge on any atom is -0.497 e. The molecule has 2 aromatic carbocycles. The van der Waals surface area contributed by atoms with Crippen molar-refractivity contribution in [2.24, 2.45) is 5.92 Å². The van der Waals surface area contributed by atoms with Crippen LogP contribution in [0.1, 0.15) is 31.9 Å². The Labute approximate surface area is 179 Å². The van der Waals surface area contributed by atoms with Crippen LogP contribution in [0.5, 0.6) is 11.5 Å². The van der Waals surface area contributed by atoms with Gasteiger partial charge >= 0.3 is 0 Å². The molecule has 2 aromatic rings. The Kier molecular flexibility index (Phi) is 8.71. The van der Waals surface area contributed by atoms with Crippen LogP contribution in [-0.4, -0.2) is 43.0 Å². The molecule has 6 heteroatoms. The van der Waals surface area contributed by atoms with Gasteiger partial charge in [-0.15, -0.1) is 0 Å². The molecular weight excluding hydrogens is 380 g/mol. The van der Waals surface area contributed by atoms with Gasteiger partial charge in [-0.05, 0) is 49.6 Å². The summed E-state index contributed by atoms with van der Waals surface area (Å²) < 4.78 is 10.8. The van der Waals surface area contributed by atoms with Gasteiger partial charge in [0.05, 0.1) is 7.11 Å². The fourth-order valence-corrected chi connectivity index (χ4v) is 2.83. The number of carbonyl (C=O) groups excluding carboxylic acids is 2. The third-order valence-electron chi connectivity index (χ3n) is 4.75. The van der Waals surface area contributed by atoms with E-state index < -0.39 is 6.04 Å². The fraction of sp³-hybridized carbons (Fsp3) is 0.417. The smallest absolute Gasteiger partial charge is 0.261 e. The van der Waals surface area contributed by atoms with E-state index >= 15 is 0 Å². The number of ether oxygens (including phenoxy) is 2. The Balaban J connectivity index is 2.10. The number of amides is 2. The summed E-state index contributed by atoms with van der Waals surface area (Å²) in [6, 6.07) is 14.3. The molecule has 30 heavy (non-hydrogen) atoms. The summed E-state index contributed by atoms with van der Waals surface area (Å²) in [5.74, 6) is 1.19. The van der Waals surface area contributed by atoms with E-state index in [9.17, 15) is 9.59 Å². The Bertz CT molecular complexity index is 816. The second-order valence-electron chi connectivity index (χ2n) is 7.79. The van der Waals surface area contributed by atoms with Crippen molar-refractivity contribution in [1.29, 1.82) is 0 Å². The second-order valence-corrected chi connectivity index (χ2v) is 7.79. The van der Waals surface area contributed by atoms with E-state index in [4.69, 9.17) is 9.47 Å². The van der Waals surface area contributed by atoms with E-state index in [1.165, 1.54) is 0 Å². The Hall–Kier alpha value is -3.02. The Morgan fingerprint density at radius 2 is 1.57 bits per heavy atom. The number of nitrogens with one attached hydrogen (secondary N) is 1. The lowest BCUT2D eigenvalue weighted by molar-refractivity contribution is -0.142. The van der Waals surface area contributed by atoms with Crippen LogP contribution in [-0.2, 0) is 16.1 Å². The summed E-state index contributed by atoms with van der Waals surface area (Å²) in [7, 11) is 1.59. The van der Waals surface area contributed by atoms with E-state index in [0.717, 1.165) is 11.1 Å². The lowest BCUT2D eigenvalue weighted by atomic mass is 10.1. The monoisotopic (exact) mass is 412 g/mol. The molecule has 2 amide bonds. The van der Waals surface area contributed by atoms with Gasteiger partial charge in [-0.1, -0.05) is 43.7 Å². The number of hydrogen-bond donors (Lipinski definition) is 1. The summed E-state index contributed by atoms with van der Waals surface area (Å²) in [5.41, 5.74) is 2.10. The van der Waals surface area contributed by atoms with Crippen molar-refractivity contribution in [3.8, 4) is 11.5 Å². The number of nitrogens with zero attached hydrogens (tertiary/aromatic N) is 1. The molecule has 1 N–H and O–H groups in total. The molecule has 162 valence electrons. The zero-order valence-corrected chi connectivity index (χ0v) is 18.5. The maximum Gasteiger partial charge on any atom is 0.261 e. The molecular formula is C24H32N2O4. The number of rotatable bonds is 10. The molecule has 0 saturated carbocycles. The van der Waals surface area contributed by atoms with Crippen molar-refractivity contribution in [1.82, 2.24) is 10.2 Å². The van der Waals surface area contributed by atoms with Crippen molar-refractivity contribution in [3.05, 3.63) is 59.7 Å². The quantitative estimate of drug-likeness (QED) is 0.648. The van der Waals surface area contributed by atoms with Gasteiger partial charge in [0.1, 0.15) is 17.5 Å².